The molecule has 1 amide bonds. The Balaban J connectivity index is 0.00000126. The zero-order valence-electron chi connectivity index (χ0n) is 17.7. The predicted molar refractivity (Wildman–Crippen MR) is 110 cm³/mol. The van der Waals surface area contributed by atoms with Crippen LogP contribution >= 0.6 is 0 Å². The Labute approximate surface area is 164 Å². The van der Waals surface area contributed by atoms with E-state index in [1.807, 2.05) is 36.9 Å². The van der Waals surface area contributed by atoms with Gasteiger partial charge in [0.2, 0.25) is 0 Å². The number of carbonyl (C=O) groups excluding carboxylic acids is 1. The summed E-state index contributed by atoms with van der Waals surface area (Å²) in [6, 6.07) is 6.45. The molecule has 5 nitrogen and oxygen atoms in total. The third-order valence-corrected chi connectivity index (χ3v) is 5.42. The second-order valence-electron chi connectivity index (χ2n) is 7.28. The highest BCUT2D eigenvalue weighted by atomic mass is 16.5. The molecular formula is C22H36N2O3. The number of benzene rings is 1. The van der Waals surface area contributed by atoms with E-state index < -0.39 is 0 Å². The Morgan fingerprint density at radius 3 is 2.30 bits per heavy atom. The molecule has 0 aromatic heterocycles. The molecule has 0 spiro atoms. The number of amides is 1. The molecule has 27 heavy (non-hydrogen) atoms. The lowest BCUT2D eigenvalue weighted by atomic mass is 9.98. The van der Waals surface area contributed by atoms with E-state index in [4.69, 9.17) is 9.47 Å². The number of ether oxygens (including phenoxy) is 2. The van der Waals surface area contributed by atoms with Crippen molar-refractivity contribution in [3.05, 3.63) is 29.3 Å². The summed E-state index contributed by atoms with van der Waals surface area (Å²) in [4.78, 5) is 17.4. The zero-order valence-corrected chi connectivity index (χ0v) is 17.7. The van der Waals surface area contributed by atoms with E-state index in [1.165, 1.54) is 0 Å². The van der Waals surface area contributed by atoms with E-state index in [2.05, 4.69) is 18.7 Å². The average molecular weight is 377 g/mol. The Morgan fingerprint density at radius 2 is 1.74 bits per heavy atom. The third kappa shape index (κ3) is 5.45. The minimum absolute atomic E-state index is 0.119. The van der Waals surface area contributed by atoms with E-state index in [0.717, 1.165) is 69.1 Å². The number of carbonyl (C=O) groups is 1. The summed E-state index contributed by atoms with van der Waals surface area (Å²) in [7, 11) is 1.67. The van der Waals surface area contributed by atoms with Crippen molar-refractivity contribution >= 4 is 5.91 Å². The fourth-order valence-electron chi connectivity index (χ4n) is 3.88. The van der Waals surface area contributed by atoms with Gasteiger partial charge in [0.25, 0.3) is 5.91 Å². The van der Waals surface area contributed by atoms with Gasteiger partial charge in [-0.1, -0.05) is 33.8 Å². The number of likely N-dealkylation sites (tertiary alicyclic amines) is 1. The van der Waals surface area contributed by atoms with Crippen LogP contribution in [0.4, 0.5) is 0 Å². The number of nitrogens with zero attached hydrogens (tertiary/aromatic N) is 2. The molecule has 152 valence electrons. The van der Waals surface area contributed by atoms with E-state index in [-0.39, 0.29) is 5.91 Å². The molecule has 1 aromatic rings. The lowest BCUT2D eigenvalue weighted by Crippen LogP contribution is -2.50. The van der Waals surface area contributed by atoms with Gasteiger partial charge in [-0.2, -0.15) is 0 Å². The molecule has 1 aromatic carbocycles. The number of hydrogen-bond donors (Lipinski definition) is 0. The monoisotopic (exact) mass is 376 g/mol. The first-order valence-electron chi connectivity index (χ1n) is 10.4. The van der Waals surface area contributed by atoms with Crippen LogP contribution in [-0.2, 0) is 4.74 Å². The second-order valence-corrected chi connectivity index (χ2v) is 7.28. The summed E-state index contributed by atoms with van der Waals surface area (Å²) in [6.07, 6.45) is 2.10. The molecule has 3 rings (SSSR count). The van der Waals surface area contributed by atoms with Crippen LogP contribution in [0.15, 0.2) is 18.2 Å². The van der Waals surface area contributed by atoms with Crippen LogP contribution in [0.1, 0.15) is 62.4 Å². The molecule has 0 saturated carbocycles. The summed E-state index contributed by atoms with van der Waals surface area (Å²) in [5.74, 6) is 1.31. The van der Waals surface area contributed by atoms with E-state index >= 15 is 0 Å². The lowest BCUT2D eigenvalue weighted by molar-refractivity contribution is 0.00158. The standard InChI is InChI=1S/C20H30N2O3.C2H6/c1-15(2)18-5-4-16(14-19(18)24-3)20(23)22-8-6-17(7-9-22)21-10-12-25-13-11-21;1-2/h4-5,14-15,17H,6-13H2,1-3H3;1-2H3. The minimum Gasteiger partial charge on any atom is -0.496 e. The van der Waals surface area contributed by atoms with Gasteiger partial charge in [0.15, 0.2) is 0 Å². The topological polar surface area (TPSA) is 42.0 Å². The summed E-state index contributed by atoms with van der Waals surface area (Å²) in [5, 5.41) is 0. The second kappa shape index (κ2) is 10.7. The van der Waals surface area contributed by atoms with Crippen molar-refractivity contribution in [1.29, 1.82) is 0 Å². The van der Waals surface area contributed by atoms with Crippen molar-refractivity contribution in [3.8, 4) is 5.75 Å². The van der Waals surface area contributed by atoms with Crippen LogP contribution in [-0.4, -0.2) is 68.3 Å². The zero-order chi connectivity index (χ0) is 19.8. The van der Waals surface area contributed by atoms with Crippen molar-refractivity contribution < 1.29 is 14.3 Å². The SMILES string of the molecule is CC.COc1cc(C(=O)N2CCC(N3CCOCC3)CC2)ccc1C(C)C. The van der Waals surface area contributed by atoms with Gasteiger partial charge in [0.05, 0.1) is 20.3 Å². The number of morpholine rings is 1. The molecule has 0 atom stereocenters. The molecule has 0 radical (unpaired) electrons. The van der Waals surface area contributed by atoms with Crippen molar-refractivity contribution in [3.63, 3.8) is 0 Å². The normalized spacial score (nSPS) is 18.8. The molecule has 5 heteroatoms. The highest BCUT2D eigenvalue weighted by Gasteiger charge is 2.28. The Morgan fingerprint density at radius 1 is 1.11 bits per heavy atom. The summed E-state index contributed by atoms with van der Waals surface area (Å²) in [6.45, 7) is 13.6. The third-order valence-electron chi connectivity index (χ3n) is 5.42. The van der Waals surface area contributed by atoms with Crippen LogP contribution in [0.3, 0.4) is 0 Å². The Kier molecular flexibility index (Phi) is 8.58. The maximum Gasteiger partial charge on any atom is 0.253 e. The fraction of sp³-hybridized carbons (Fsp3) is 0.682. The van der Waals surface area contributed by atoms with Crippen LogP contribution in [0.5, 0.6) is 5.75 Å². The van der Waals surface area contributed by atoms with Crippen molar-refractivity contribution in [2.45, 2.75) is 52.5 Å². The van der Waals surface area contributed by atoms with Gasteiger partial charge in [-0.3, -0.25) is 9.69 Å². The summed E-state index contributed by atoms with van der Waals surface area (Å²) < 4.78 is 10.9. The molecule has 2 aliphatic rings. The van der Waals surface area contributed by atoms with Gasteiger partial charge in [-0.25, -0.2) is 0 Å². The molecule has 2 heterocycles. The van der Waals surface area contributed by atoms with Crippen LogP contribution in [0.25, 0.3) is 0 Å². The van der Waals surface area contributed by atoms with Gasteiger partial charge in [0, 0.05) is 37.8 Å². The molecule has 2 aliphatic heterocycles. The van der Waals surface area contributed by atoms with E-state index in [9.17, 15) is 4.79 Å². The first kappa shape index (κ1) is 21.7. The van der Waals surface area contributed by atoms with E-state index in [0.29, 0.717) is 12.0 Å². The molecule has 0 aliphatic carbocycles. The first-order valence-corrected chi connectivity index (χ1v) is 10.4. The fourth-order valence-corrected chi connectivity index (χ4v) is 3.88. The number of methoxy groups -OCH3 is 1. The molecule has 0 unspecified atom stereocenters. The largest absolute Gasteiger partial charge is 0.496 e. The van der Waals surface area contributed by atoms with Gasteiger partial charge < -0.3 is 14.4 Å². The Hall–Kier alpha value is -1.59. The van der Waals surface area contributed by atoms with Crippen LogP contribution in [0.2, 0.25) is 0 Å². The van der Waals surface area contributed by atoms with E-state index in [1.54, 1.807) is 7.11 Å². The Bertz CT molecular complexity index is 589. The summed E-state index contributed by atoms with van der Waals surface area (Å²) in [5.41, 5.74) is 1.87. The predicted octanol–water partition coefficient (Wildman–Crippen LogP) is 3.78. The maximum absolute atomic E-state index is 12.9. The highest BCUT2D eigenvalue weighted by molar-refractivity contribution is 5.94. The first-order chi connectivity index (χ1) is 13.1. The van der Waals surface area contributed by atoms with Gasteiger partial charge in [-0.05, 0) is 36.5 Å². The highest BCUT2D eigenvalue weighted by Crippen LogP contribution is 2.28. The molecular weight excluding hydrogens is 340 g/mol. The minimum atomic E-state index is 0.119. The van der Waals surface area contributed by atoms with Crippen LogP contribution in [0, 0.1) is 0 Å². The van der Waals surface area contributed by atoms with Crippen LogP contribution < -0.4 is 4.74 Å². The van der Waals surface area contributed by atoms with Gasteiger partial charge in [-0.15, -0.1) is 0 Å². The summed E-state index contributed by atoms with van der Waals surface area (Å²) >= 11 is 0. The van der Waals surface area contributed by atoms with Crippen molar-refractivity contribution in [2.75, 3.05) is 46.5 Å². The van der Waals surface area contributed by atoms with Gasteiger partial charge >= 0.3 is 0 Å². The van der Waals surface area contributed by atoms with Crippen molar-refractivity contribution in [2.24, 2.45) is 0 Å². The molecule has 2 saturated heterocycles. The average Bonchev–Trinajstić information content (AvgIpc) is 2.74. The lowest BCUT2D eigenvalue weighted by Gasteiger charge is -2.40. The molecule has 0 N–H and O–H groups in total. The smallest absolute Gasteiger partial charge is 0.253 e. The maximum atomic E-state index is 12.9. The van der Waals surface area contributed by atoms with Crippen molar-refractivity contribution in [1.82, 2.24) is 9.80 Å². The molecule has 0 bridgehead atoms. The number of piperidine rings is 1. The van der Waals surface area contributed by atoms with Gasteiger partial charge in [0.1, 0.15) is 5.75 Å². The molecule has 2 fully saturated rings. The number of rotatable bonds is 4. The quantitative estimate of drug-likeness (QED) is 0.802. The number of hydrogen-bond acceptors (Lipinski definition) is 4.